The van der Waals surface area contributed by atoms with Gasteiger partial charge >= 0.3 is 0 Å². The van der Waals surface area contributed by atoms with Gasteiger partial charge in [-0.25, -0.2) is 4.98 Å². The molecule has 2 rings (SSSR count). The molecular weight excluding hydrogens is 312 g/mol. The summed E-state index contributed by atoms with van der Waals surface area (Å²) in [6.45, 7) is 2.65. The van der Waals surface area contributed by atoms with Crippen LogP contribution in [0.1, 0.15) is 5.82 Å². The number of benzene rings is 1. The van der Waals surface area contributed by atoms with E-state index in [4.69, 9.17) is 16.3 Å². The smallest absolute Gasteiger partial charge is 0.230 e. The van der Waals surface area contributed by atoms with E-state index in [1.807, 2.05) is 6.92 Å². The number of rotatable bonds is 7. The molecule has 1 aromatic carbocycles. The molecule has 0 spiro atoms. The highest BCUT2D eigenvalue weighted by atomic mass is 35.5. The lowest BCUT2D eigenvalue weighted by molar-refractivity contribution is -0.118. The maximum absolute atomic E-state index is 11.6. The number of ether oxygens (including phenoxy) is 1. The Morgan fingerprint density at radius 3 is 2.86 bits per heavy atom. The zero-order chi connectivity index (χ0) is 15.1. The monoisotopic (exact) mass is 326 g/mol. The minimum atomic E-state index is -0.0813. The predicted octanol–water partition coefficient (Wildman–Crippen LogP) is 2.05. The molecule has 0 radical (unpaired) electrons. The van der Waals surface area contributed by atoms with Crippen molar-refractivity contribution in [2.24, 2.45) is 0 Å². The molecule has 8 heteroatoms. The zero-order valence-electron chi connectivity index (χ0n) is 11.4. The minimum Gasteiger partial charge on any atom is -0.492 e. The highest BCUT2D eigenvalue weighted by molar-refractivity contribution is 7.99. The third-order valence-corrected chi connectivity index (χ3v) is 3.51. The number of hydrogen-bond acceptors (Lipinski definition) is 5. The molecule has 0 saturated carbocycles. The van der Waals surface area contributed by atoms with Gasteiger partial charge in [0.25, 0.3) is 0 Å². The maximum atomic E-state index is 11.6. The number of carbonyl (C=O) groups excluding carboxylic acids is 1. The fourth-order valence-corrected chi connectivity index (χ4v) is 2.26. The highest BCUT2D eigenvalue weighted by Gasteiger charge is 2.05. The summed E-state index contributed by atoms with van der Waals surface area (Å²) in [5.41, 5.74) is 0. The van der Waals surface area contributed by atoms with Crippen molar-refractivity contribution in [3.8, 4) is 5.75 Å². The van der Waals surface area contributed by atoms with E-state index in [0.29, 0.717) is 23.3 Å². The summed E-state index contributed by atoms with van der Waals surface area (Å²) in [5.74, 6) is 1.65. The topological polar surface area (TPSA) is 79.9 Å². The van der Waals surface area contributed by atoms with Crippen molar-refractivity contribution in [3.63, 3.8) is 0 Å². The Balaban J connectivity index is 1.59. The predicted molar refractivity (Wildman–Crippen MR) is 81.8 cm³/mol. The van der Waals surface area contributed by atoms with E-state index >= 15 is 0 Å². The number of carbonyl (C=O) groups is 1. The third-order valence-electron chi connectivity index (χ3n) is 2.42. The molecular formula is C13H15ClN4O2S. The van der Waals surface area contributed by atoms with Crippen LogP contribution in [0.3, 0.4) is 0 Å². The van der Waals surface area contributed by atoms with Crippen LogP contribution < -0.4 is 10.1 Å². The van der Waals surface area contributed by atoms with Crippen molar-refractivity contribution < 1.29 is 9.53 Å². The molecule has 0 unspecified atom stereocenters. The summed E-state index contributed by atoms with van der Waals surface area (Å²) in [7, 11) is 0. The summed E-state index contributed by atoms with van der Waals surface area (Å²) >= 11 is 7.06. The van der Waals surface area contributed by atoms with Gasteiger partial charge in [0.2, 0.25) is 11.1 Å². The lowest BCUT2D eigenvalue weighted by Crippen LogP contribution is -2.29. The van der Waals surface area contributed by atoms with Crippen LogP contribution in [-0.2, 0) is 4.79 Å². The Kier molecular flexibility index (Phi) is 5.89. The van der Waals surface area contributed by atoms with Crippen LogP contribution in [0, 0.1) is 6.92 Å². The second-order valence-corrected chi connectivity index (χ2v) is 5.52. The molecule has 0 fully saturated rings. The first-order valence-electron chi connectivity index (χ1n) is 6.30. The van der Waals surface area contributed by atoms with Gasteiger partial charge in [-0.2, -0.15) is 0 Å². The van der Waals surface area contributed by atoms with Gasteiger partial charge < -0.3 is 10.1 Å². The molecule has 0 aliphatic carbocycles. The number of amides is 1. The standard InChI is InChI=1S/C13H15ClN4O2S/c1-9-16-13(18-17-9)21-8-12(19)15-6-7-20-11-4-2-10(14)3-5-11/h2-5H,6-8H2,1H3,(H,15,19)(H,16,17,18). The second-order valence-electron chi connectivity index (χ2n) is 4.14. The number of aromatic amines is 1. The van der Waals surface area contributed by atoms with Gasteiger partial charge in [0, 0.05) is 5.02 Å². The van der Waals surface area contributed by atoms with E-state index in [0.717, 1.165) is 11.6 Å². The van der Waals surface area contributed by atoms with E-state index < -0.39 is 0 Å². The van der Waals surface area contributed by atoms with E-state index in [1.165, 1.54) is 11.8 Å². The molecule has 1 aromatic heterocycles. The van der Waals surface area contributed by atoms with E-state index in [2.05, 4.69) is 20.5 Å². The fraction of sp³-hybridized carbons (Fsp3) is 0.308. The number of nitrogens with zero attached hydrogens (tertiary/aromatic N) is 2. The number of H-pyrrole nitrogens is 1. The molecule has 0 aliphatic heterocycles. The molecule has 0 atom stereocenters. The lowest BCUT2D eigenvalue weighted by atomic mass is 10.3. The van der Waals surface area contributed by atoms with E-state index in [-0.39, 0.29) is 11.7 Å². The van der Waals surface area contributed by atoms with Gasteiger partial charge in [0.15, 0.2) is 0 Å². The molecule has 21 heavy (non-hydrogen) atoms. The van der Waals surface area contributed by atoms with Gasteiger partial charge in [0.1, 0.15) is 18.2 Å². The van der Waals surface area contributed by atoms with Crippen LogP contribution >= 0.6 is 23.4 Å². The summed E-state index contributed by atoms with van der Waals surface area (Å²) in [6, 6.07) is 7.08. The molecule has 2 N–H and O–H groups in total. The first kappa shape index (κ1) is 15.7. The summed E-state index contributed by atoms with van der Waals surface area (Å²) in [4.78, 5) is 15.7. The molecule has 0 saturated heterocycles. The number of nitrogens with one attached hydrogen (secondary N) is 2. The third kappa shape index (κ3) is 5.65. The van der Waals surface area contributed by atoms with Gasteiger partial charge in [-0.3, -0.25) is 9.89 Å². The molecule has 1 amide bonds. The van der Waals surface area contributed by atoms with Crippen LogP contribution in [0.15, 0.2) is 29.4 Å². The molecule has 1 heterocycles. The zero-order valence-corrected chi connectivity index (χ0v) is 13.0. The van der Waals surface area contributed by atoms with Crippen LogP contribution in [-0.4, -0.2) is 40.0 Å². The Morgan fingerprint density at radius 1 is 1.43 bits per heavy atom. The van der Waals surface area contributed by atoms with Crippen molar-refractivity contribution in [1.82, 2.24) is 20.5 Å². The summed E-state index contributed by atoms with van der Waals surface area (Å²) in [5, 5.41) is 10.7. The molecule has 112 valence electrons. The number of thioether (sulfide) groups is 1. The number of hydrogen-bond donors (Lipinski definition) is 2. The van der Waals surface area contributed by atoms with Gasteiger partial charge in [-0.15, -0.1) is 5.10 Å². The van der Waals surface area contributed by atoms with Gasteiger partial charge in [-0.05, 0) is 31.2 Å². The summed E-state index contributed by atoms with van der Waals surface area (Å²) in [6.07, 6.45) is 0. The minimum absolute atomic E-state index is 0.0813. The van der Waals surface area contributed by atoms with Crippen molar-refractivity contribution in [1.29, 1.82) is 0 Å². The number of aromatic nitrogens is 3. The van der Waals surface area contributed by atoms with Crippen LogP contribution in [0.25, 0.3) is 0 Å². The first-order chi connectivity index (χ1) is 10.1. The van der Waals surface area contributed by atoms with Gasteiger partial charge in [0.05, 0.1) is 12.3 Å². The maximum Gasteiger partial charge on any atom is 0.230 e. The number of halogens is 1. The summed E-state index contributed by atoms with van der Waals surface area (Å²) < 4.78 is 5.47. The molecule has 2 aromatic rings. The lowest BCUT2D eigenvalue weighted by Gasteiger charge is -2.07. The SMILES string of the molecule is Cc1nc(SCC(=O)NCCOc2ccc(Cl)cc2)n[nH]1. The van der Waals surface area contributed by atoms with Crippen LogP contribution in [0.2, 0.25) is 5.02 Å². The van der Waals surface area contributed by atoms with Gasteiger partial charge in [-0.1, -0.05) is 23.4 Å². The van der Waals surface area contributed by atoms with Crippen molar-refractivity contribution >= 4 is 29.3 Å². The average Bonchev–Trinajstić information content (AvgIpc) is 2.89. The molecule has 0 bridgehead atoms. The Labute approximate surface area is 131 Å². The Morgan fingerprint density at radius 2 is 2.19 bits per heavy atom. The Hall–Kier alpha value is -1.73. The molecule has 6 nitrogen and oxygen atoms in total. The Bertz CT molecular complexity index is 588. The van der Waals surface area contributed by atoms with Crippen LogP contribution in [0.4, 0.5) is 0 Å². The largest absolute Gasteiger partial charge is 0.492 e. The normalized spacial score (nSPS) is 10.4. The quantitative estimate of drug-likeness (QED) is 0.601. The second kappa shape index (κ2) is 7.90. The van der Waals surface area contributed by atoms with Crippen LogP contribution in [0.5, 0.6) is 5.75 Å². The van der Waals surface area contributed by atoms with Crippen molar-refractivity contribution in [2.45, 2.75) is 12.1 Å². The van der Waals surface area contributed by atoms with E-state index in [9.17, 15) is 4.79 Å². The van der Waals surface area contributed by atoms with Crippen molar-refractivity contribution in [2.75, 3.05) is 18.9 Å². The first-order valence-corrected chi connectivity index (χ1v) is 7.67. The number of aryl methyl sites for hydroxylation is 1. The fourth-order valence-electron chi connectivity index (χ4n) is 1.46. The average molecular weight is 327 g/mol. The molecule has 0 aliphatic rings. The van der Waals surface area contributed by atoms with E-state index in [1.54, 1.807) is 24.3 Å². The highest BCUT2D eigenvalue weighted by Crippen LogP contribution is 2.15. The van der Waals surface area contributed by atoms with Crippen molar-refractivity contribution in [3.05, 3.63) is 35.1 Å².